The molecular formula is C24H24N6S. The van der Waals surface area contributed by atoms with E-state index in [0.29, 0.717) is 6.54 Å². The van der Waals surface area contributed by atoms with Crippen molar-refractivity contribution in [1.29, 1.82) is 0 Å². The van der Waals surface area contributed by atoms with Gasteiger partial charge in [0, 0.05) is 65.9 Å². The number of hydrogen-bond donors (Lipinski definition) is 1. The zero-order chi connectivity index (χ0) is 21.0. The van der Waals surface area contributed by atoms with Gasteiger partial charge in [0.25, 0.3) is 0 Å². The number of aromatic nitrogens is 4. The Hall–Kier alpha value is -3.19. The van der Waals surface area contributed by atoms with Gasteiger partial charge >= 0.3 is 0 Å². The first-order valence-electron chi connectivity index (χ1n) is 10.5. The second kappa shape index (κ2) is 8.89. The summed E-state index contributed by atoms with van der Waals surface area (Å²) in [6, 6.07) is 14.7. The van der Waals surface area contributed by atoms with Gasteiger partial charge in [0.15, 0.2) is 0 Å². The lowest BCUT2D eigenvalue weighted by Crippen LogP contribution is -2.32. The highest BCUT2D eigenvalue weighted by Crippen LogP contribution is 2.27. The SMILES string of the molecule is Cc1cc(-c2ccc(CNc3ncnc4cc(N5CCSCC5)ccc34)cn2)ccn1. The molecule has 7 heteroatoms. The van der Waals surface area contributed by atoms with Crippen molar-refractivity contribution in [3.63, 3.8) is 0 Å². The number of benzene rings is 1. The van der Waals surface area contributed by atoms with E-state index in [-0.39, 0.29) is 0 Å². The number of rotatable bonds is 5. The molecule has 1 fully saturated rings. The Labute approximate surface area is 186 Å². The minimum Gasteiger partial charge on any atom is -0.370 e. The zero-order valence-electron chi connectivity index (χ0n) is 17.5. The first-order valence-corrected chi connectivity index (χ1v) is 11.6. The van der Waals surface area contributed by atoms with E-state index in [0.717, 1.165) is 52.3 Å². The first kappa shape index (κ1) is 19.8. The van der Waals surface area contributed by atoms with Crippen LogP contribution in [-0.2, 0) is 6.54 Å². The fourth-order valence-corrected chi connectivity index (χ4v) is 4.70. The van der Waals surface area contributed by atoms with Crippen LogP contribution < -0.4 is 10.2 Å². The van der Waals surface area contributed by atoms with Crippen molar-refractivity contribution in [2.45, 2.75) is 13.5 Å². The van der Waals surface area contributed by atoms with Gasteiger partial charge in [0.05, 0.1) is 11.2 Å². The molecular weight excluding hydrogens is 404 g/mol. The van der Waals surface area contributed by atoms with Gasteiger partial charge in [-0.05, 0) is 48.9 Å². The first-order chi connectivity index (χ1) is 15.3. The maximum absolute atomic E-state index is 4.62. The zero-order valence-corrected chi connectivity index (χ0v) is 18.3. The van der Waals surface area contributed by atoms with E-state index < -0.39 is 0 Å². The molecule has 31 heavy (non-hydrogen) atoms. The maximum atomic E-state index is 4.62. The monoisotopic (exact) mass is 428 g/mol. The molecule has 4 heterocycles. The van der Waals surface area contributed by atoms with E-state index >= 15 is 0 Å². The van der Waals surface area contributed by atoms with E-state index in [1.165, 1.54) is 17.2 Å². The van der Waals surface area contributed by atoms with Crippen molar-refractivity contribution in [3.05, 3.63) is 72.4 Å². The number of thioether (sulfide) groups is 1. The molecule has 0 atom stereocenters. The summed E-state index contributed by atoms with van der Waals surface area (Å²) >= 11 is 2.02. The number of fused-ring (bicyclic) bond motifs is 1. The van der Waals surface area contributed by atoms with Crippen LogP contribution >= 0.6 is 11.8 Å². The smallest absolute Gasteiger partial charge is 0.137 e. The third-order valence-corrected chi connectivity index (χ3v) is 6.42. The maximum Gasteiger partial charge on any atom is 0.137 e. The van der Waals surface area contributed by atoms with Crippen LogP contribution in [0.3, 0.4) is 0 Å². The molecule has 156 valence electrons. The summed E-state index contributed by atoms with van der Waals surface area (Å²) < 4.78 is 0. The summed E-state index contributed by atoms with van der Waals surface area (Å²) in [5.74, 6) is 3.21. The number of nitrogens with one attached hydrogen (secondary N) is 1. The fraction of sp³-hybridized carbons (Fsp3) is 0.250. The van der Waals surface area contributed by atoms with Crippen molar-refractivity contribution < 1.29 is 0 Å². The van der Waals surface area contributed by atoms with Gasteiger partial charge in [-0.1, -0.05) is 6.07 Å². The molecule has 6 nitrogen and oxygen atoms in total. The van der Waals surface area contributed by atoms with Crippen molar-refractivity contribution in [3.8, 4) is 11.3 Å². The summed E-state index contributed by atoms with van der Waals surface area (Å²) in [5.41, 5.74) is 6.33. The van der Waals surface area contributed by atoms with Crippen LogP contribution in [0.2, 0.25) is 0 Å². The number of nitrogens with zero attached hydrogens (tertiary/aromatic N) is 5. The largest absolute Gasteiger partial charge is 0.370 e. The standard InChI is InChI=1S/C24H24N6S/c1-17-12-19(6-7-25-17)22-5-2-18(14-26-22)15-27-24-21-4-3-20(13-23(21)28-16-29-24)30-8-10-31-11-9-30/h2-7,12-14,16H,8-11,15H2,1H3,(H,27,28,29). The average molecular weight is 429 g/mol. The number of pyridine rings is 2. The van der Waals surface area contributed by atoms with Crippen molar-refractivity contribution in [1.82, 2.24) is 19.9 Å². The number of anilines is 2. The lowest BCUT2D eigenvalue weighted by Gasteiger charge is -2.28. The number of hydrogen-bond acceptors (Lipinski definition) is 7. The van der Waals surface area contributed by atoms with E-state index in [2.05, 4.69) is 54.4 Å². The second-order valence-corrected chi connectivity index (χ2v) is 8.84. The van der Waals surface area contributed by atoms with Gasteiger partial charge in [-0.3, -0.25) is 9.97 Å². The summed E-state index contributed by atoms with van der Waals surface area (Å²) in [5, 5.41) is 4.49. The molecule has 0 amide bonds. The Kier molecular flexibility index (Phi) is 5.67. The van der Waals surface area contributed by atoms with Gasteiger partial charge in [-0.25, -0.2) is 9.97 Å². The van der Waals surface area contributed by atoms with Crippen LogP contribution in [-0.4, -0.2) is 44.5 Å². The second-order valence-electron chi connectivity index (χ2n) is 7.61. The van der Waals surface area contributed by atoms with Crippen LogP contribution in [0.15, 0.2) is 61.2 Å². The average Bonchev–Trinajstić information content (AvgIpc) is 2.83. The Balaban J connectivity index is 1.31. The lowest BCUT2D eigenvalue weighted by atomic mass is 10.1. The predicted octanol–water partition coefficient (Wildman–Crippen LogP) is 4.56. The molecule has 3 aromatic heterocycles. The summed E-state index contributed by atoms with van der Waals surface area (Å²) in [6.07, 6.45) is 5.36. The highest BCUT2D eigenvalue weighted by molar-refractivity contribution is 7.99. The van der Waals surface area contributed by atoms with E-state index in [9.17, 15) is 0 Å². The molecule has 1 N–H and O–H groups in total. The molecule has 0 radical (unpaired) electrons. The van der Waals surface area contributed by atoms with Crippen molar-refractivity contribution in [2.75, 3.05) is 34.8 Å². The Morgan fingerprint density at radius 2 is 1.87 bits per heavy atom. The highest BCUT2D eigenvalue weighted by atomic mass is 32.2. The third-order valence-electron chi connectivity index (χ3n) is 5.47. The lowest BCUT2D eigenvalue weighted by molar-refractivity contribution is 0.859. The molecule has 1 aliphatic rings. The fourth-order valence-electron chi connectivity index (χ4n) is 3.80. The molecule has 0 unspecified atom stereocenters. The number of aryl methyl sites for hydroxylation is 1. The normalized spacial score (nSPS) is 14.0. The molecule has 4 aromatic rings. The summed E-state index contributed by atoms with van der Waals surface area (Å²) in [4.78, 5) is 20.3. The molecule has 0 bridgehead atoms. The topological polar surface area (TPSA) is 66.8 Å². The molecule has 0 aliphatic carbocycles. The van der Waals surface area contributed by atoms with Gasteiger partial charge in [0.2, 0.25) is 0 Å². The molecule has 1 aromatic carbocycles. The van der Waals surface area contributed by atoms with Crippen LogP contribution in [0, 0.1) is 6.92 Å². The summed E-state index contributed by atoms with van der Waals surface area (Å²) in [6.45, 7) is 4.82. The van der Waals surface area contributed by atoms with Gasteiger partial charge in [-0.2, -0.15) is 11.8 Å². The van der Waals surface area contributed by atoms with Crippen LogP contribution in [0.25, 0.3) is 22.2 Å². The molecule has 1 saturated heterocycles. The predicted molar refractivity (Wildman–Crippen MR) is 129 cm³/mol. The Morgan fingerprint density at radius 1 is 0.968 bits per heavy atom. The molecule has 1 aliphatic heterocycles. The minimum atomic E-state index is 0.653. The molecule has 5 rings (SSSR count). The third kappa shape index (κ3) is 4.46. The van der Waals surface area contributed by atoms with Gasteiger partial charge in [-0.15, -0.1) is 0 Å². The molecule has 0 saturated carbocycles. The van der Waals surface area contributed by atoms with Crippen molar-refractivity contribution >= 4 is 34.2 Å². The van der Waals surface area contributed by atoms with Crippen LogP contribution in [0.4, 0.5) is 11.5 Å². The van der Waals surface area contributed by atoms with E-state index in [4.69, 9.17) is 0 Å². The Bertz CT molecular complexity index is 1190. The van der Waals surface area contributed by atoms with Gasteiger partial charge in [0.1, 0.15) is 12.1 Å². The van der Waals surface area contributed by atoms with E-state index in [1.807, 2.05) is 49.3 Å². The van der Waals surface area contributed by atoms with E-state index in [1.54, 1.807) is 6.33 Å². The Morgan fingerprint density at radius 3 is 2.68 bits per heavy atom. The highest BCUT2D eigenvalue weighted by Gasteiger charge is 2.13. The van der Waals surface area contributed by atoms with Gasteiger partial charge < -0.3 is 10.2 Å². The quantitative estimate of drug-likeness (QED) is 0.500. The molecule has 0 spiro atoms. The minimum absolute atomic E-state index is 0.653. The summed E-state index contributed by atoms with van der Waals surface area (Å²) in [7, 11) is 0. The van der Waals surface area contributed by atoms with Crippen LogP contribution in [0.1, 0.15) is 11.3 Å². The van der Waals surface area contributed by atoms with Crippen LogP contribution in [0.5, 0.6) is 0 Å². The van der Waals surface area contributed by atoms with Crippen molar-refractivity contribution in [2.24, 2.45) is 0 Å².